The first kappa shape index (κ1) is 13.8. The van der Waals surface area contributed by atoms with Gasteiger partial charge in [-0.25, -0.2) is 18.1 Å². The highest BCUT2D eigenvalue weighted by molar-refractivity contribution is 7.89. The molecule has 0 aliphatic carbocycles. The Balaban J connectivity index is 1.94. The van der Waals surface area contributed by atoms with Crippen LogP contribution in [0.4, 0.5) is 0 Å². The second-order valence-corrected chi connectivity index (χ2v) is 5.95. The normalized spacial score (nSPS) is 11.9. The van der Waals surface area contributed by atoms with Crippen molar-refractivity contribution in [3.8, 4) is 0 Å². The van der Waals surface area contributed by atoms with Gasteiger partial charge in [0.2, 0.25) is 0 Å². The minimum Gasteiger partial charge on any atom is -0.332 e. The van der Waals surface area contributed by atoms with Gasteiger partial charge in [0.15, 0.2) is 5.03 Å². The third-order valence-electron chi connectivity index (χ3n) is 2.69. The molecule has 19 heavy (non-hydrogen) atoms. The minimum absolute atomic E-state index is 0.107. The van der Waals surface area contributed by atoms with Crippen molar-refractivity contribution >= 4 is 10.0 Å². The summed E-state index contributed by atoms with van der Waals surface area (Å²) in [6.45, 7) is 2.24. The van der Waals surface area contributed by atoms with Crippen LogP contribution in [-0.4, -0.2) is 34.7 Å². The van der Waals surface area contributed by atoms with Gasteiger partial charge in [0, 0.05) is 26.2 Å². The third kappa shape index (κ3) is 3.42. The van der Waals surface area contributed by atoms with Crippen molar-refractivity contribution in [3.05, 3.63) is 30.0 Å². The molecular formula is C11H17N5O2S. The van der Waals surface area contributed by atoms with E-state index in [-0.39, 0.29) is 5.03 Å². The average molecular weight is 283 g/mol. The molecule has 0 aromatic carbocycles. The summed E-state index contributed by atoms with van der Waals surface area (Å²) in [4.78, 5) is 6.76. The van der Waals surface area contributed by atoms with Crippen LogP contribution in [-0.2, 0) is 29.9 Å². The topological polar surface area (TPSA) is 92.7 Å². The van der Waals surface area contributed by atoms with Gasteiger partial charge in [0.25, 0.3) is 10.0 Å². The molecule has 2 N–H and O–H groups in total. The largest absolute Gasteiger partial charge is 0.332 e. The summed E-state index contributed by atoms with van der Waals surface area (Å²) in [6.07, 6.45) is 6.19. The summed E-state index contributed by atoms with van der Waals surface area (Å²) >= 11 is 0. The summed E-state index contributed by atoms with van der Waals surface area (Å²) in [5.41, 5.74) is 0.990. The molecule has 2 aromatic heterocycles. The Morgan fingerprint density at radius 1 is 1.42 bits per heavy atom. The van der Waals surface area contributed by atoms with E-state index in [0.29, 0.717) is 25.2 Å². The highest BCUT2D eigenvalue weighted by Gasteiger charge is 2.16. The Hall–Kier alpha value is -1.67. The predicted octanol–water partition coefficient (Wildman–Crippen LogP) is 0.227. The molecule has 7 nitrogen and oxygen atoms in total. The van der Waals surface area contributed by atoms with Crippen LogP contribution in [0, 0.1) is 0 Å². The average Bonchev–Trinajstić information content (AvgIpc) is 2.98. The number of hydrogen-bond donors (Lipinski definition) is 2. The quantitative estimate of drug-likeness (QED) is 0.793. The minimum atomic E-state index is -3.51. The first-order chi connectivity index (χ1) is 9.01. The lowest BCUT2D eigenvalue weighted by Gasteiger charge is -2.03. The number of nitrogens with one attached hydrogen (secondary N) is 2. The van der Waals surface area contributed by atoms with Gasteiger partial charge >= 0.3 is 0 Å². The molecule has 0 bridgehead atoms. The van der Waals surface area contributed by atoms with Gasteiger partial charge in [0.05, 0.1) is 12.4 Å². The lowest BCUT2D eigenvalue weighted by atomic mass is 10.3. The standard InChI is InChI=1S/C11H17N5O2S/c1-3-10-12-7-11(15-10)19(17,18)14-5-4-9-6-13-16(2)8-9/h6-8,14H,3-5H2,1-2H3,(H,12,15). The van der Waals surface area contributed by atoms with Crippen molar-refractivity contribution in [1.82, 2.24) is 24.5 Å². The maximum Gasteiger partial charge on any atom is 0.257 e. The smallest absolute Gasteiger partial charge is 0.257 e. The van der Waals surface area contributed by atoms with Crippen LogP contribution >= 0.6 is 0 Å². The number of aryl methyl sites for hydroxylation is 2. The number of hydrogen-bond acceptors (Lipinski definition) is 4. The van der Waals surface area contributed by atoms with Crippen LogP contribution in [0.2, 0.25) is 0 Å². The Kier molecular flexibility index (Phi) is 4.01. The number of imidazole rings is 1. The van der Waals surface area contributed by atoms with E-state index < -0.39 is 10.0 Å². The molecule has 0 radical (unpaired) electrons. The Labute approximate surface area is 112 Å². The third-order valence-corrected chi connectivity index (χ3v) is 4.06. The van der Waals surface area contributed by atoms with Crippen molar-refractivity contribution in [3.63, 3.8) is 0 Å². The van der Waals surface area contributed by atoms with E-state index in [0.717, 1.165) is 5.56 Å². The predicted molar refractivity (Wildman–Crippen MR) is 70.1 cm³/mol. The van der Waals surface area contributed by atoms with Crippen LogP contribution in [0.5, 0.6) is 0 Å². The Bertz CT molecular complexity index is 644. The molecule has 0 amide bonds. The van der Waals surface area contributed by atoms with E-state index >= 15 is 0 Å². The molecule has 0 atom stereocenters. The SMILES string of the molecule is CCc1ncc(S(=O)(=O)NCCc2cnn(C)c2)[nH]1. The van der Waals surface area contributed by atoms with E-state index in [2.05, 4.69) is 19.8 Å². The highest BCUT2D eigenvalue weighted by Crippen LogP contribution is 2.06. The molecule has 104 valence electrons. The molecule has 2 aromatic rings. The molecule has 8 heteroatoms. The van der Waals surface area contributed by atoms with Crippen molar-refractivity contribution in [1.29, 1.82) is 0 Å². The fourth-order valence-electron chi connectivity index (χ4n) is 1.67. The highest BCUT2D eigenvalue weighted by atomic mass is 32.2. The van der Waals surface area contributed by atoms with Crippen LogP contribution < -0.4 is 4.72 Å². The van der Waals surface area contributed by atoms with E-state index in [9.17, 15) is 8.42 Å². The van der Waals surface area contributed by atoms with Crippen molar-refractivity contribution < 1.29 is 8.42 Å². The van der Waals surface area contributed by atoms with E-state index in [1.807, 2.05) is 20.2 Å². The molecular weight excluding hydrogens is 266 g/mol. The monoisotopic (exact) mass is 283 g/mol. The number of H-pyrrole nitrogens is 1. The second kappa shape index (κ2) is 5.54. The first-order valence-corrected chi connectivity index (χ1v) is 7.50. The summed E-state index contributed by atoms with van der Waals surface area (Å²) in [6, 6.07) is 0. The molecule has 0 spiro atoms. The van der Waals surface area contributed by atoms with E-state index in [4.69, 9.17) is 0 Å². The molecule has 0 unspecified atom stereocenters. The fraction of sp³-hybridized carbons (Fsp3) is 0.455. The summed E-state index contributed by atoms with van der Waals surface area (Å²) in [5.74, 6) is 0.660. The summed E-state index contributed by atoms with van der Waals surface area (Å²) < 4.78 is 28.1. The van der Waals surface area contributed by atoms with E-state index in [1.54, 1.807) is 10.9 Å². The van der Waals surface area contributed by atoms with Crippen LogP contribution in [0.1, 0.15) is 18.3 Å². The van der Waals surface area contributed by atoms with Gasteiger partial charge < -0.3 is 4.98 Å². The van der Waals surface area contributed by atoms with Crippen molar-refractivity contribution in [2.45, 2.75) is 24.8 Å². The van der Waals surface area contributed by atoms with Gasteiger partial charge in [-0.3, -0.25) is 4.68 Å². The molecule has 2 rings (SSSR count). The maximum atomic E-state index is 12.0. The molecule has 0 saturated carbocycles. The zero-order chi connectivity index (χ0) is 13.9. The van der Waals surface area contributed by atoms with Crippen molar-refractivity contribution in [2.24, 2.45) is 7.05 Å². The fourth-order valence-corrected chi connectivity index (χ4v) is 2.64. The number of rotatable bonds is 6. The first-order valence-electron chi connectivity index (χ1n) is 6.02. The molecule has 0 saturated heterocycles. The van der Waals surface area contributed by atoms with Gasteiger partial charge in [-0.15, -0.1) is 0 Å². The van der Waals surface area contributed by atoms with Gasteiger partial charge in [-0.1, -0.05) is 6.92 Å². The summed E-state index contributed by atoms with van der Waals surface area (Å²) in [5, 5.41) is 4.13. The van der Waals surface area contributed by atoms with Crippen LogP contribution in [0.25, 0.3) is 0 Å². The zero-order valence-corrected chi connectivity index (χ0v) is 11.7. The molecule has 2 heterocycles. The van der Waals surface area contributed by atoms with Crippen LogP contribution in [0.15, 0.2) is 23.6 Å². The Morgan fingerprint density at radius 3 is 2.79 bits per heavy atom. The molecule has 0 fully saturated rings. The zero-order valence-electron chi connectivity index (χ0n) is 10.9. The lowest BCUT2D eigenvalue weighted by molar-refractivity contribution is 0.578. The Morgan fingerprint density at radius 2 is 2.21 bits per heavy atom. The van der Waals surface area contributed by atoms with Crippen molar-refractivity contribution in [2.75, 3.05) is 6.54 Å². The second-order valence-electron chi connectivity index (χ2n) is 4.22. The maximum absolute atomic E-state index is 12.0. The molecule has 0 aliphatic rings. The summed E-state index contributed by atoms with van der Waals surface area (Å²) in [7, 11) is -1.68. The van der Waals surface area contributed by atoms with Gasteiger partial charge in [0.1, 0.15) is 5.82 Å². The van der Waals surface area contributed by atoms with Crippen LogP contribution in [0.3, 0.4) is 0 Å². The molecule has 0 aliphatic heterocycles. The lowest BCUT2D eigenvalue weighted by Crippen LogP contribution is -2.26. The number of sulfonamides is 1. The van der Waals surface area contributed by atoms with Gasteiger partial charge in [-0.05, 0) is 12.0 Å². The number of aromatic amines is 1. The van der Waals surface area contributed by atoms with E-state index in [1.165, 1.54) is 6.20 Å². The number of aromatic nitrogens is 4. The number of nitrogens with zero attached hydrogens (tertiary/aromatic N) is 3. The van der Waals surface area contributed by atoms with Gasteiger partial charge in [-0.2, -0.15) is 5.10 Å².